The summed E-state index contributed by atoms with van der Waals surface area (Å²) in [4.78, 5) is 56.3. The van der Waals surface area contributed by atoms with Crippen molar-refractivity contribution in [3.8, 4) is 0 Å². The van der Waals surface area contributed by atoms with Crippen LogP contribution in [0.4, 0.5) is 0 Å². The second-order valence-electron chi connectivity index (χ2n) is 11.6. The number of piperidine rings is 1. The molecule has 11 heteroatoms. The normalized spacial score (nSPS) is 26.9. The summed E-state index contributed by atoms with van der Waals surface area (Å²) in [7, 11) is 0. The quantitative estimate of drug-likeness (QED) is 0.458. The van der Waals surface area contributed by atoms with E-state index in [9.17, 15) is 19.2 Å². The average molecular weight is 572 g/mol. The monoisotopic (exact) mass is 571 g/mol. The molecule has 4 rings (SSSR count). The van der Waals surface area contributed by atoms with Gasteiger partial charge >= 0.3 is 0 Å². The molecule has 3 saturated heterocycles. The highest BCUT2D eigenvalue weighted by Crippen LogP contribution is 2.31. The van der Waals surface area contributed by atoms with Gasteiger partial charge in [-0.05, 0) is 30.2 Å². The van der Waals surface area contributed by atoms with Crippen LogP contribution in [0, 0.1) is 11.8 Å². The molecule has 4 amide bonds. The lowest BCUT2D eigenvalue weighted by atomic mass is 9.80. The summed E-state index contributed by atoms with van der Waals surface area (Å²) in [5.41, 5.74) is 1.02. The lowest BCUT2D eigenvalue weighted by Gasteiger charge is -2.39. The highest BCUT2D eigenvalue weighted by atomic mass is 16.5. The maximum Gasteiger partial charge on any atom is 0.248 e. The summed E-state index contributed by atoms with van der Waals surface area (Å²) in [5, 5.41) is 9.39. The van der Waals surface area contributed by atoms with E-state index in [1.807, 2.05) is 44.2 Å². The first-order chi connectivity index (χ1) is 19.8. The van der Waals surface area contributed by atoms with E-state index >= 15 is 0 Å². The fraction of sp³-hybridized carbons (Fsp3) is 0.667. The molecule has 3 N–H and O–H groups in total. The predicted molar refractivity (Wildman–Crippen MR) is 153 cm³/mol. The molecule has 0 aliphatic carbocycles. The van der Waals surface area contributed by atoms with Crippen LogP contribution in [-0.2, 0) is 35.2 Å². The Morgan fingerprint density at radius 1 is 1.05 bits per heavy atom. The first-order valence-electron chi connectivity index (χ1n) is 14.9. The summed E-state index contributed by atoms with van der Waals surface area (Å²) < 4.78 is 11.1. The lowest BCUT2D eigenvalue weighted by Crippen LogP contribution is -2.50. The molecular formula is C30H45N5O6. The van der Waals surface area contributed by atoms with Crippen LogP contribution < -0.4 is 16.0 Å². The van der Waals surface area contributed by atoms with Crippen LogP contribution in [0.1, 0.15) is 45.1 Å². The summed E-state index contributed by atoms with van der Waals surface area (Å²) in [6.07, 6.45) is 1.60. The van der Waals surface area contributed by atoms with Crippen molar-refractivity contribution in [1.82, 2.24) is 25.8 Å². The molecule has 41 heavy (non-hydrogen) atoms. The van der Waals surface area contributed by atoms with Crippen molar-refractivity contribution in [2.75, 3.05) is 52.6 Å². The Morgan fingerprint density at radius 2 is 1.83 bits per heavy atom. The van der Waals surface area contributed by atoms with Crippen LogP contribution in [0.25, 0.3) is 0 Å². The summed E-state index contributed by atoms with van der Waals surface area (Å²) in [6, 6.07) is 9.38. The Bertz CT molecular complexity index is 1040. The number of carbonyl (C=O) groups excluding carboxylic acids is 4. The SMILES string of the molecule is CC(C)N[C@H]1C[C@H]2C(=O)NCCOCCOCC(=O)N3CC[C@@H](CC(=O)NCc4ccccc4)[C@@H](CC(=O)N2C1)C3. The van der Waals surface area contributed by atoms with E-state index < -0.39 is 6.04 Å². The Labute approximate surface area is 242 Å². The summed E-state index contributed by atoms with van der Waals surface area (Å²) >= 11 is 0. The van der Waals surface area contributed by atoms with Crippen molar-refractivity contribution in [1.29, 1.82) is 0 Å². The van der Waals surface area contributed by atoms with Gasteiger partial charge in [0.05, 0.1) is 19.8 Å². The molecule has 3 fully saturated rings. The molecule has 3 heterocycles. The van der Waals surface area contributed by atoms with Gasteiger partial charge in [-0.3, -0.25) is 19.2 Å². The van der Waals surface area contributed by atoms with Crippen molar-refractivity contribution >= 4 is 23.6 Å². The van der Waals surface area contributed by atoms with Crippen LogP contribution in [0.15, 0.2) is 30.3 Å². The number of nitrogens with one attached hydrogen (secondary N) is 3. The number of rotatable bonds is 6. The Kier molecular flexibility index (Phi) is 11.5. The van der Waals surface area contributed by atoms with Crippen LogP contribution in [0.3, 0.4) is 0 Å². The average Bonchev–Trinajstić information content (AvgIpc) is 3.37. The first kappa shape index (κ1) is 30.9. The molecule has 1 aromatic carbocycles. The van der Waals surface area contributed by atoms with E-state index in [0.717, 1.165) is 5.56 Å². The molecular weight excluding hydrogens is 526 g/mol. The number of ether oxygens (including phenoxy) is 2. The molecule has 4 atom stereocenters. The van der Waals surface area contributed by atoms with Gasteiger partial charge in [0, 0.05) is 57.6 Å². The fourth-order valence-corrected chi connectivity index (χ4v) is 6.04. The van der Waals surface area contributed by atoms with Crippen molar-refractivity contribution in [3.05, 3.63) is 35.9 Å². The number of nitrogens with zero attached hydrogens (tertiary/aromatic N) is 2. The second-order valence-corrected chi connectivity index (χ2v) is 11.6. The number of hydrogen-bond acceptors (Lipinski definition) is 7. The van der Waals surface area contributed by atoms with Crippen LogP contribution >= 0.6 is 0 Å². The molecule has 1 aromatic rings. The second kappa shape index (κ2) is 15.3. The Hall–Kier alpha value is -3.02. The summed E-state index contributed by atoms with van der Waals surface area (Å²) in [6.45, 7) is 7.05. The predicted octanol–water partition coefficient (Wildman–Crippen LogP) is 0.678. The zero-order chi connectivity index (χ0) is 29.2. The zero-order valence-electron chi connectivity index (χ0n) is 24.3. The van der Waals surface area contributed by atoms with Gasteiger partial charge < -0.3 is 35.2 Å². The van der Waals surface area contributed by atoms with Crippen molar-refractivity contribution in [3.63, 3.8) is 0 Å². The third kappa shape index (κ3) is 9.24. The Balaban J connectivity index is 1.48. The minimum atomic E-state index is -0.577. The molecule has 11 nitrogen and oxygen atoms in total. The van der Waals surface area contributed by atoms with Gasteiger partial charge in [0.2, 0.25) is 23.6 Å². The number of amides is 4. The zero-order valence-corrected chi connectivity index (χ0v) is 24.3. The van der Waals surface area contributed by atoms with E-state index in [-0.39, 0.29) is 73.6 Å². The topological polar surface area (TPSA) is 129 Å². The van der Waals surface area contributed by atoms with Gasteiger partial charge in [-0.1, -0.05) is 44.2 Å². The summed E-state index contributed by atoms with van der Waals surface area (Å²) in [5.74, 6) is -0.776. The maximum absolute atomic E-state index is 13.8. The molecule has 226 valence electrons. The van der Waals surface area contributed by atoms with Gasteiger partial charge in [0.1, 0.15) is 12.6 Å². The maximum atomic E-state index is 13.8. The molecule has 0 radical (unpaired) electrons. The van der Waals surface area contributed by atoms with Crippen molar-refractivity contribution in [2.24, 2.45) is 11.8 Å². The highest BCUT2D eigenvalue weighted by molar-refractivity contribution is 5.88. The van der Waals surface area contributed by atoms with Crippen LogP contribution in [0.5, 0.6) is 0 Å². The largest absolute Gasteiger partial charge is 0.377 e. The minimum absolute atomic E-state index is 0.0117. The van der Waals surface area contributed by atoms with E-state index in [1.165, 1.54) is 0 Å². The Morgan fingerprint density at radius 3 is 2.61 bits per heavy atom. The van der Waals surface area contributed by atoms with Crippen LogP contribution in [0.2, 0.25) is 0 Å². The third-order valence-electron chi connectivity index (χ3n) is 8.10. The van der Waals surface area contributed by atoms with E-state index in [1.54, 1.807) is 9.80 Å². The molecule has 0 saturated carbocycles. The van der Waals surface area contributed by atoms with Gasteiger partial charge in [0.15, 0.2) is 0 Å². The van der Waals surface area contributed by atoms with E-state index in [0.29, 0.717) is 58.8 Å². The van der Waals surface area contributed by atoms with E-state index in [4.69, 9.17) is 9.47 Å². The fourth-order valence-electron chi connectivity index (χ4n) is 6.04. The smallest absolute Gasteiger partial charge is 0.248 e. The highest BCUT2D eigenvalue weighted by Gasteiger charge is 2.42. The number of hydrogen-bond donors (Lipinski definition) is 3. The molecule has 0 unspecified atom stereocenters. The van der Waals surface area contributed by atoms with Gasteiger partial charge in [0.25, 0.3) is 0 Å². The van der Waals surface area contributed by atoms with E-state index in [2.05, 4.69) is 16.0 Å². The third-order valence-corrected chi connectivity index (χ3v) is 8.10. The number of fused-ring (bicyclic) bond motifs is 3. The number of carbonyl (C=O) groups is 4. The van der Waals surface area contributed by atoms with Gasteiger partial charge in [-0.15, -0.1) is 0 Å². The molecule has 3 aliphatic heterocycles. The molecule has 3 aliphatic rings. The van der Waals surface area contributed by atoms with Crippen molar-refractivity contribution in [2.45, 2.75) is 64.2 Å². The van der Waals surface area contributed by atoms with Gasteiger partial charge in [-0.25, -0.2) is 0 Å². The standard InChI is InChI=1S/C30H45N5O6/c1-21(2)33-25-16-26-30(39)31-9-11-40-12-13-41-20-29(38)34-10-8-23(24(18-34)15-28(37)35(26)19-25)14-27(36)32-17-22-6-4-3-5-7-22/h3-7,21,23-26,33H,8-20H2,1-2H3,(H,31,39)(H,32,36)/t23-,24-,25-,26-/m0/s1. The minimum Gasteiger partial charge on any atom is -0.377 e. The van der Waals surface area contributed by atoms with Crippen molar-refractivity contribution < 1.29 is 28.7 Å². The van der Waals surface area contributed by atoms with Gasteiger partial charge in [-0.2, -0.15) is 0 Å². The van der Waals surface area contributed by atoms with Crippen LogP contribution in [-0.4, -0.2) is 104 Å². The number of benzene rings is 1. The lowest BCUT2D eigenvalue weighted by molar-refractivity contribution is -0.143. The molecule has 0 aromatic heterocycles. The molecule has 2 bridgehead atoms. The molecule has 0 spiro atoms. The first-order valence-corrected chi connectivity index (χ1v) is 14.9.